The van der Waals surface area contributed by atoms with Crippen molar-refractivity contribution < 1.29 is 5.11 Å². The van der Waals surface area contributed by atoms with Gasteiger partial charge in [0, 0.05) is 10.5 Å². The predicted molar refractivity (Wildman–Crippen MR) is 87.7 cm³/mol. The van der Waals surface area contributed by atoms with Gasteiger partial charge in [-0.3, -0.25) is 5.41 Å². The van der Waals surface area contributed by atoms with Crippen molar-refractivity contribution >= 4 is 52.0 Å². The summed E-state index contributed by atoms with van der Waals surface area (Å²) in [5.41, 5.74) is 0.731. The molecule has 2 N–H and O–H groups in total. The molecule has 0 radical (unpaired) electrons. The molecule has 0 saturated carbocycles. The summed E-state index contributed by atoms with van der Waals surface area (Å²) < 4.78 is 1.21. The fourth-order valence-electron chi connectivity index (χ4n) is 1.21. The normalized spacial score (nSPS) is 12.6. The van der Waals surface area contributed by atoms with E-state index in [0.717, 1.165) is 0 Å². The molecule has 0 fully saturated rings. The smallest absolute Gasteiger partial charge is 0.0935 e. The molecule has 2 nitrogen and oxygen atoms in total. The van der Waals surface area contributed by atoms with Crippen LogP contribution in [-0.2, 0) is 0 Å². The lowest BCUT2D eigenvalue weighted by Crippen LogP contribution is -2.05. The fraction of sp³-hybridized carbons (Fsp3) is 0.154. The Bertz CT molecular complexity index is 547. The largest absolute Gasteiger partial charge is 0.392 e. The third kappa shape index (κ3) is 5.16. The molecule has 1 aromatic rings. The zero-order chi connectivity index (χ0) is 14.4. The summed E-state index contributed by atoms with van der Waals surface area (Å²) in [7, 11) is 0. The Balaban J connectivity index is 2.88. The molecular formula is C13H13Cl2NOS2. The Hall–Kier alpha value is -0.520. The molecule has 0 bridgehead atoms. The second-order valence-electron chi connectivity index (χ2n) is 3.47. The summed E-state index contributed by atoms with van der Waals surface area (Å²) in [5, 5.41) is 17.4. The molecule has 0 saturated heterocycles. The van der Waals surface area contributed by atoms with Gasteiger partial charge in [0.2, 0.25) is 0 Å². The molecular weight excluding hydrogens is 321 g/mol. The van der Waals surface area contributed by atoms with Gasteiger partial charge in [-0.05, 0) is 25.1 Å². The Labute approximate surface area is 130 Å². The van der Waals surface area contributed by atoms with Crippen LogP contribution in [0.4, 0.5) is 0 Å². The Kier molecular flexibility index (Phi) is 6.89. The van der Waals surface area contributed by atoms with E-state index in [1.54, 1.807) is 24.3 Å². The number of allylic oxidation sites excluding steroid dienone is 2. The topological polar surface area (TPSA) is 44.1 Å². The maximum atomic E-state index is 9.37. The van der Waals surface area contributed by atoms with Crippen LogP contribution < -0.4 is 0 Å². The number of halogens is 2. The predicted octanol–water partition coefficient (Wildman–Crippen LogP) is 5.04. The van der Waals surface area contributed by atoms with Crippen LogP contribution in [0.25, 0.3) is 0 Å². The molecule has 0 amide bonds. The number of thioether (sulfide) groups is 1. The van der Waals surface area contributed by atoms with E-state index in [9.17, 15) is 5.11 Å². The first-order valence-corrected chi connectivity index (χ1v) is 7.71. The van der Waals surface area contributed by atoms with Crippen molar-refractivity contribution in [2.24, 2.45) is 0 Å². The first-order chi connectivity index (χ1) is 8.97. The Morgan fingerprint density at radius 1 is 1.58 bits per heavy atom. The third-order valence-corrected chi connectivity index (χ3v) is 4.61. The number of hydrogen-bond donors (Lipinski definition) is 2. The lowest BCUT2D eigenvalue weighted by Gasteiger charge is -2.06. The van der Waals surface area contributed by atoms with Crippen LogP contribution in [0.1, 0.15) is 11.8 Å². The van der Waals surface area contributed by atoms with Gasteiger partial charge in [0.15, 0.2) is 0 Å². The van der Waals surface area contributed by atoms with Crippen LogP contribution in [0, 0.1) is 5.41 Å². The molecule has 102 valence electrons. The Morgan fingerprint density at radius 3 is 2.74 bits per heavy atom. The van der Waals surface area contributed by atoms with Gasteiger partial charge in [0.25, 0.3) is 0 Å². The van der Waals surface area contributed by atoms with Crippen molar-refractivity contribution in [3.8, 4) is 0 Å². The van der Waals surface area contributed by atoms with Crippen LogP contribution in [-0.4, -0.2) is 17.4 Å². The van der Waals surface area contributed by atoms with Gasteiger partial charge in [-0.2, -0.15) is 0 Å². The molecule has 0 spiro atoms. The lowest BCUT2D eigenvalue weighted by molar-refractivity contribution is 0.337. The van der Waals surface area contributed by atoms with E-state index in [2.05, 4.69) is 6.58 Å². The molecule has 1 rings (SSSR count). The van der Waals surface area contributed by atoms with Gasteiger partial charge in [-0.1, -0.05) is 47.6 Å². The van der Waals surface area contributed by atoms with Crippen LogP contribution in [0.3, 0.4) is 0 Å². The standard InChI is InChI=1S/C13H13Cl2NOS2/c1-3-11(14)18-8(2)6-9(7-17)13(16)10-4-5-12(15)19-10/h3-6,16-17H,2,7H2,1H3. The van der Waals surface area contributed by atoms with E-state index in [-0.39, 0.29) is 12.3 Å². The SMILES string of the molecule is C=C(C=C(CO)C(=N)c1ccc(Cl)s1)SC(Cl)=CC. The molecule has 0 aliphatic rings. The first-order valence-electron chi connectivity index (χ1n) is 5.32. The van der Waals surface area contributed by atoms with E-state index >= 15 is 0 Å². The monoisotopic (exact) mass is 333 g/mol. The average molecular weight is 334 g/mol. The molecule has 0 aliphatic heterocycles. The summed E-state index contributed by atoms with van der Waals surface area (Å²) in [6.45, 7) is 5.44. The van der Waals surface area contributed by atoms with Crippen molar-refractivity contribution in [1.82, 2.24) is 0 Å². The second kappa shape index (κ2) is 7.92. The van der Waals surface area contributed by atoms with Crippen LogP contribution in [0.2, 0.25) is 4.34 Å². The zero-order valence-electron chi connectivity index (χ0n) is 10.2. The molecule has 19 heavy (non-hydrogen) atoms. The number of rotatable bonds is 6. The van der Waals surface area contributed by atoms with Crippen LogP contribution >= 0.6 is 46.3 Å². The van der Waals surface area contributed by atoms with Crippen molar-refractivity contribution in [3.63, 3.8) is 0 Å². The van der Waals surface area contributed by atoms with Crippen molar-refractivity contribution in [2.75, 3.05) is 6.61 Å². The van der Waals surface area contributed by atoms with E-state index in [0.29, 0.717) is 24.1 Å². The van der Waals surface area contributed by atoms with Gasteiger partial charge in [0.05, 0.1) is 25.9 Å². The number of hydrogen-bond acceptors (Lipinski definition) is 4. The average Bonchev–Trinajstić information content (AvgIpc) is 2.81. The van der Waals surface area contributed by atoms with Crippen molar-refractivity contribution in [2.45, 2.75) is 6.92 Å². The van der Waals surface area contributed by atoms with E-state index in [4.69, 9.17) is 28.6 Å². The number of aliphatic hydroxyl groups is 1. The molecule has 0 aromatic carbocycles. The third-order valence-electron chi connectivity index (χ3n) is 2.10. The van der Waals surface area contributed by atoms with E-state index < -0.39 is 0 Å². The van der Waals surface area contributed by atoms with E-state index in [1.807, 2.05) is 6.92 Å². The molecule has 1 heterocycles. The highest BCUT2D eigenvalue weighted by Crippen LogP contribution is 2.29. The van der Waals surface area contributed by atoms with Crippen molar-refractivity contribution in [1.29, 1.82) is 5.41 Å². The lowest BCUT2D eigenvalue weighted by atomic mass is 10.1. The highest BCUT2D eigenvalue weighted by Gasteiger charge is 2.10. The summed E-state index contributed by atoms with van der Waals surface area (Å²) in [6.07, 6.45) is 3.42. The molecule has 0 aliphatic carbocycles. The summed E-state index contributed by atoms with van der Waals surface area (Å²) in [5.74, 6) is 0. The molecule has 1 aromatic heterocycles. The van der Waals surface area contributed by atoms with E-state index in [1.165, 1.54) is 23.1 Å². The number of nitrogens with one attached hydrogen (secondary N) is 1. The van der Waals surface area contributed by atoms with Gasteiger partial charge < -0.3 is 5.11 Å². The van der Waals surface area contributed by atoms with Crippen LogP contribution in [0.15, 0.2) is 45.7 Å². The number of thiophene rings is 1. The van der Waals surface area contributed by atoms with Crippen molar-refractivity contribution in [3.05, 3.63) is 54.9 Å². The summed E-state index contributed by atoms with van der Waals surface area (Å²) >= 11 is 14.3. The quantitative estimate of drug-likeness (QED) is 0.566. The van der Waals surface area contributed by atoms with Gasteiger partial charge in [-0.15, -0.1) is 11.3 Å². The minimum absolute atomic E-state index is 0.235. The van der Waals surface area contributed by atoms with Gasteiger partial charge >= 0.3 is 0 Å². The highest BCUT2D eigenvalue weighted by molar-refractivity contribution is 8.08. The minimum atomic E-state index is -0.235. The maximum absolute atomic E-state index is 9.37. The van der Waals surface area contributed by atoms with Crippen LogP contribution in [0.5, 0.6) is 0 Å². The minimum Gasteiger partial charge on any atom is -0.392 e. The summed E-state index contributed by atoms with van der Waals surface area (Å²) in [6, 6.07) is 3.49. The molecule has 0 atom stereocenters. The summed E-state index contributed by atoms with van der Waals surface area (Å²) in [4.78, 5) is 1.37. The zero-order valence-corrected chi connectivity index (χ0v) is 13.4. The fourth-order valence-corrected chi connectivity index (χ4v) is 3.11. The van der Waals surface area contributed by atoms with Gasteiger partial charge in [-0.25, -0.2) is 0 Å². The number of aliphatic hydroxyl groups excluding tert-OH is 1. The molecule has 0 unspecified atom stereocenters. The Morgan fingerprint density at radius 2 is 2.26 bits per heavy atom. The molecule has 6 heteroatoms. The van der Waals surface area contributed by atoms with Gasteiger partial charge in [0.1, 0.15) is 0 Å². The highest BCUT2D eigenvalue weighted by atomic mass is 35.5. The maximum Gasteiger partial charge on any atom is 0.0935 e. The first kappa shape index (κ1) is 16.5. The second-order valence-corrected chi connectivity index (χ2v) is 6.98.